The van der Waals surface area contributed by atoms with Crippen LogP contribution in [0.25, 0.3) is 0 Å². The van der Waals surface area contributed by atoms with E-state index in [4.69, 9.17) is 5.84 Å². The highest BCUT2D eigenvalue weighted by atomic mass is 79.9. The first-order valence-electron chi connectivity index (χ1n) is 6.10. The first-order chi connectivity index (χ1) is 9.92. The molecule has 1 heterocycles. The molecule has 0 aliphatic rings. The van der Waals surface area contributed by atoms with Crippen LogP contribution in [-0.4, -0.2) is 13.4 Å². The van der Waals surface area contributed by atoms with Gasteiger partial charge in [0.25, 0.3) is 0 Å². The number of hydrogen-bond acceptors (Lipinski definition) is 5. The summed E-state index contributed by atoms with van der Waals surface area (Å²) in [7, 11) is -3.72. The molecule has 0 bridgehead atoms. The predicted octanol–water partition coefficient (Wildman–Crippen LogP) is 1.92. The molecule has 2 rings (SSSR count). The van der Waals surface area contributed by atoms with Crippen LogP contribution in [0.15, 0.2) is 45.9 Å². The lowest BCUT2D eigenvalue weighted by Crippen LogP contribution is -2.25. The van der Waals surface area contributed by atoms with E-state index >= 15 is 0 Å². The zero-order valence-corrected chi connectivity index (χ0v) is 13.7. The van der Waals surface area contributed by atoms with Crippen molar-refractivity contribution in [3.8, 4) is 0 Å². The Morgan fingerprint density at radius 1 is 1.29 bits per heavy atom. The van der Waals surface area contributed by atoms with Gasteiger partial charge in [-0.05, 0) is 34.5 Å². The Morgan fingerprint density at radius 3 is 2.57 bits per heavy atom. The summed E-state index contributed by atoms with van der Waals surface area (Å²) in [5.74, 6) is 5.39. The Hall–Kier alpha value is -1.48. The van der Waals surface area contributed by atoms with Gasteiger partial charge in [-0.1, -0.05) is 29.8 Å². The number of hydrogen-bond donors (Lipinski definition) is 3. The molecule has 0 amide bonds. The number of halogens is 1. The second-order valence-electron chi connectivity index (χ2n) is 4.45. The molecule has 0 unspecified atom stereocenters. The van der Waals surface area contributed by atoms with Gasteiger partial charge < -0.3 is 5.43 Å². The largest absolute Gasteiger partial charge is 0.307 e. The molecular formula is C13H15BrN4O2S. The van der Waals surface area contributed by atoms with Crippen molar-refractivity contribution in [1.29, 1.82) is 0 Å². The van der Waals surface area contributed by atoms with Crippen molar-refractivity contribution in [1.82, 2.24) is 9.71 Å². The molecule has 0 spiro atoms. The van der Waals surface area contributed by atoms with Gasteiger partial charge in [-0.25, -0.2) is 24.0 Å². The maximum Gasteiger partial charge on any atom is 0.244 e. The molecule has 21 heavy (non-hydrogen) atoms. The fourth-order valence-corrected chi connectivity index (χ4v) is 3.34. The van der Waals surface area contributed by atoms with Gasteiger partial charge in [-0.2, -0.15) is 0 Å². The quantitative estimate of drug-likeness (QED) is 0.551. The molecule has 0 atom stereocenters. The van der Waals surface area contributed by atoms with Gasteiger partial charge in [0, 0.05) is 17.2 Å². The summed E-state index contributed by atoms with van der Waals surface area (Å²) in [6.07, 6.45) is 1.47. The molecule has 4 N–H and O–H groups in total. The monoisotopic (exact) mass is 370 g/mol. The molecule has 8 heteroatoms. The van der Waals surface area contributed by atoms with E-state index in [1.165, 1.54) is 12.3 Å². The van der Waals surface area contributed by atoms with Crippen molar-refractivity contribution in [3.05, 3.63) is 52.1 Å². The van der Waals surface area contributed by atoms with Crippen molar-refractivity contribution < 1.29 is 8.42 Å². The lowest BCUT2D eigenvalue weighted by Gasteiger charge is -2.11. The predicted molar refractivity (Wildman–Crippen MR) is 85.0 cm³/mol. The Balaban J connectivity index is 2.22. The topological polar surface area (TPSA) is 97.1 Å². The van der Waals surface area contributed by atoms with Crippen LogP contribution in [0.2, 0.25) is 0 Å². The lowest BCUT2D eigenvalue weighted by molar-refractivity contribution is 0.581. The average Bonchev–Trinajstić information content (AvgIpc) is 2.47. The number of pyridine rings is 1. The molecule has 2 aromatic rings. The number of nitrogens with one attached hydrogen (secondary N) is 2. The van der Waals surface area contributed by atoms with Gasteiger partial charge in [0.2, 0.25) is 10.0 Å². The summed E-state index contributed by atoms with van der Waals surface area (Å²) in [5.41, 5.74) is 4.27. The summed E-state index contributed by atoms with van der Waals surface area (Å²) in [6, 6.07) is 9.05. The minimum Gasteiger partial charge on any atom is -0.307 e. The standard InChI is InChI=1S/C13H15BrN4O2S/c1-9-2-4-10(5-3-9)7-17-21(19,20)12-6-11(14)8-16-13(12)18-15/h2-6,8,17H,7,15H2,1H3,(H,16,18). The Bertz CT molecular complexity index is 732. The summed E-state index contributed by atoms with van der Waals surface area (Å²) >= 11 is 3.20. The number of rotatable bonds is 5. The van der Waals surface area contributed by atoms with Crippen LogP contribution in [-0.2, 0) is 16.6 Å². The normalized spacial score (nSPS) is 11.4. The van der Waals surface area contributed by atoms with E-state index in [1.54, 1.807) is 0 Å². The van der Waals surface area contributed by atoms with Gasteiger partial charge in [-0.15, -0.1) is 0 Å². The van der Waals surface area contributed by atoms with Gasteiger partial charge in [0.1, 0.15) is 4.90 Å². The molecule has 1 aromatic carbocycles. The number of nitrogens with two attached hydrogens (primary N) is 1. The minimum atomic E-state index is -3.72. The number of aryl methyl sites for hydroxylation is 1. The number of anilines is 1. The summed E-state index contributed by atoms with van der Waals surface area (Å²) in [6.45, 7) is 2.17. The maximum atomic E-state index is 12.3. The van der Waals surface area contributed by atoms with Gasteiger partial charge in [0.15, 0.2) is 5.82 Å². The van der Waals surface area contributed by atoms with Gasteiger partial charge >= 0.3 is 0 Å². The van der Waals surface area contributed by atoms with Gasteiger partial charge in [-0.3, -0.25) is 0 Å². The van der Waals surface area contributed by atoms with Crippen LogP contribution < -0.4 is 16.0 Å². The van der Waals surface area contributed by atoms with Crippen LogP contribution in [0.5, 0.6) is 0 Å². The second-order valence-corrected chi connectivity index (χ2v) is 7.11. The third kappa shape index (κ3) is 4.01. The van der Waals surface area contributed by atoms with Crippen LogP contribution in [0.4, 0.5) is 5.82 Å². The zero-order chi connectivity index (χ0) is 15.5. The van der Waals surface area contributed by atoms with E-state index in [2.05, 4.69) is 31.1 Å². The Morgan fingerprint density at radius 2 is 1.95 bits per heavy atom. The molecule has 0 aliphatic carbocycles. The molecule has 112 valence electrons. The second kappa shape index (κ2) is 6.52. The summed E-state index contributed by atoms with van der Waals surface area (Å²) < 4.78 is 27.8. The highest BCUT2D eigenvalue weighted by Gasteiger charge is 2.19. The van der Waals surface area contributed by atoms with Crippen molar-refractivity contribution >= 4 is 31.8 Å². The summed E-state index contributed by atoms with van der Waals surface area (Å²) in [5, 5.41) is 0. The molecule has 0 fully saturated rings. The third-order valence-corrected chi connectivity index (χ3v) is 4.68. The Labute approximate surface area is 131 Å². The summed E-state index contributed by atoms with van der Waals surface area (Å²) in [4.78, 5) is 3.92. The number of benzene rings is 1. The van der Waals surface area contributed by atoms with E-state index in [0.717, 1.165) is 11.1 Å². The van der Waals surface area contributed by atoms with Crippen LogP contribution in [0, 0.1) is 6.92 Å². The zero-order valence-electron chi connectivity index (χ0n) is 11.3. The highest BCUT2D eigenvalue weighted by Crippen LogP contribution is 2.22. The molecular weight excluding hydrogens is 356 g/mol. The maximum absolute atomic E-state index is 12.3. The molecule has 0 saturated heterocycles. The third-order valence-electron chi connectivity index (χ3n) is 2.83. The lowest BCUT2D eigenvalue weighted by atomic mass is 10.2. The van der Waals surface area contributed by atoms with Crippen molar-refractivity contribution in [2.24, 2.45) is 5.84 Å². The molecule has 0 aliphatic heterocycles. The van der Waals surface area contributed by atoms with E-state index in [-0.39, 0.29) is 17.3 Å². The molecule has 1 aromatic heterocycles. The molecule has 0 saturated carbocycles. The first-order valence-corrected chi connectivity index (χ1v) is 8.37. The van der Waals surface area contributed by atoms with Crippen molar-refractivity contribution in [2.75, 3.05) is 5.43 Å². The minimum absolute atomic E-state index is 0.00788. The smallest absolute Gasteiger partial charge is 0.244 e. The van der Waals surface area contributed by atoms with E-state index in [1.807, 2.05) is 31.2 Å². The number of nitrogens with zero attached hydrogens (tertiary/aromatic N) is 1. The van der Waals surface area contributed by atoms with Crippen molar-refractivity contribution in [3.63, 3.8) is 0 Å². The fourth-order valence-electron chi connectivity index (χ4n) is 1.70. The number of sulfonamides is 1. The molecule has 0 radical (unpaired) electrons. The number of aromatic nitrogens is 1. The average molecular weight is 371 g/mol. The van der Waals surface area contributed by atoms with Crippen molar-refractivity contribution in [2.45, 2.75) is 18.4 Å². The fraction of sp³-hybridized carbons (Fsp3) is 0.154. The van der Waals surface area contributed by atoms with E-state index in [0.29, 0.717) is 4.47 Å². The van der Waals surface area contributed by atoms with Crippen LogP contribution in [0.3, 0.4) is 0 Å². The Kier molecular flexibility index (Phi) is 4.94. The first kappa shape index (κ1) is 15.9. The van der Waals surface area contributed by atoms with Gasteiger partial charge in [0.05, 0.1) is 0 Å². The van der Waals surface area contributed by atoms with E-state index < -0.39 is 10.0 Å². The van der Waals surface area contributed by atoms with E-state index in [9.17, 15) is 8.42 Å². The SMILES string of the molecule is Cc1ccc(CNS(=O)(=O)c2cc(Br)cnc2NN)cc1. The highest BCUT2D eigenvalue weighted by molar-refractivity contribution is 9.10. The van der Waals surface area contributed by atoms with Crippen LogP contribution in [0.1, 0.15) is 11.1 Å². The van der Waals surface area contributed by atoms with Crippen LogP contribution >= 0.6 is 15.9 Å². The number of hydrazine groups is 1. The molecule has 6 nitrogen and oxygen atoms in total. The number of nitrogen functional groups attached to an aromatic ring is 1.